The molecule has 1 atom stereocenters. The van der Waals surface area contributed by atoms with E-state index in [-0.39, 0.29) is 18.1 Å². The van der Waals surface area contributed by atoms with Crippen molar-refractivity contribution in [3.8, 4) is 0 Å². The molecule has 1 rings (SSSR count). The fourth-order valence-corrected chi connectivity index (χ4v) is 2.86. The summed E-state index contributed by atoms with van der Waals surface area (Å²) in [5.74, 6) is 1.29. The summed E-state index contributed by atoms with van der Waals surface area (Å²) in [6.45, 7) is 5.09. The summed E-state index contributed by atoms with van der Waals surface area (Å²) in [5, 5.41) is 12.5. The number of nitrogens with two attached hydrogens (primary N) is 1. The first-order valence-corrected chi connectivity index (χ1v) is 7.70. The highest BCUT2D eigenvalue weighted by atomic mass is 16.3. The minimum absolute atomic E-state index is 0.157. The molecule has 1 aliphatic rings. The molecule has 0 spiro atoms. The molecular formula is C15H30N2O2. The van der Waals surface area contributed by atoms with Gasteiger partial charge in [-0.25, -0.2) is 0 Å². The van der Waals surface area contributed by atoms with Gasteiger partial charge in [-0.2, -0.15) is 0 Å². The van der Waals surface area contributed by atoms with Crippen molar-refractivity contribution in [3.05, 3.63) is 0 Å². The molecule has 4 heteroatoms. The molecule has 0 heterocycles. The molecule has 1 unspecified atom stereocenters. The monoisotopic (exact) mass is 270 g/mol. The summed E-state index contributed by atoms with van der Waals surface area (Å²) in [6, 6.07) is 0.267. The number of carbonyl (C=O) groups excluding carboxylic acids is 1. The molecule has 1 amide bonds. The van der Waals surface area contributed by atoms with Crippen LogP contribution in [0.3, 0.4) is 0 Å². The average Bonchev–Trinajstić information content (AvgIpc) is 2.37. The average molecular weight is 270 g/mol. The van der Waals surface area contributed by atoms with Gasteiger partial charge in [-0.05, 0) is 56.9 Å². The number of aliphatic hydroxyl groups excluding tert-OH is 1. The van der Waals surface area contributed by atoms with Crippen LogP contribution in [0.5, 0.6) is 0 Å². The second-order valence-electron chi connectivity index (χ2n) is 6.19. The molecule has 0 bridgehead atoms. The molecule has 0 radical (unpaired) electrons. The number of carbonyl (C=O) groups is 1. The van der Waals surface area contributed by atoms with Crippen LogP contribution in [-0.2, 0) is 4.79 Å². The third-order valence-corrected chi connectivity index (χ3v) is 4.28. The van der Waals surface area contributed by atoms with E-state index < -0.39 is 0 Å². The molecule has 4 nitrogen and oxygen atoms in total. The predicted octanol–water partition coefficient (Wildman–Crippen LogP) is 1.81. The lowest BCUT2D eigenvalue weighted by Gasteiger charge is -2.26. The van der Waals surface area contributed by atoms with E-state index in [1.165, 1.54) is 0 Å². The van der Waals surface area contributed by atoms with Gasteiger partial charge in [0.15, 0.2) is 0 Å². The molecule has 0 saturated heterocycles. The molecule has 112 valence electrons. The Morgan fingerprint density at radius 3 is 2.42 bits per heavy atom. The van der Waals surface area contributed by atoms with Crippen molar-refractivity contribution < 1.29 is 9.90 Å². The number of hydrogen-bond donors (Lipinski definition) is 3. The Hall–Kier alpha value is -0.610. The number of rotatable bonds is 7. The van der Waals surface area contributed by atoms with E-state index in [0.29, 0.717) is 24.8 Å². The van der Waals surface area contributed by atoms with Crippen LogP contribution in [0.1, 0.15) is 58.8 Å². The van der Waals surface area contributed by atoms with Gasteiger partial charge < -0.3 is 16.2 Å². The van der Waals surface area contributed by atoms with Crippen molar-refractivity contribution in [2.75, 3.05) is 6.54 Å². The van der Waals surface area contributed by atoms with Crippen LogP contribution >= 0.6 is 0 Å². The van der Waals surface area contributed by atoms with Gasteiger partial charge in [0, 0.05) is 12.5 Å². The Morgan fingerprint density at radius 1 is 1.26 bits per heavy atom. The number of amides is 1. The predicted molar refractivity (Wildman–Crippen MR) is 77.6 cm³/mol. The van der Waals surface area contributed by atoms with Crippen molar-refractivity contribution in [2.24, 2.45) is 17.6 Å². The second kappa shape index (κ2) is 8.54. The summed E-state index contributed by atoms with van der Waals surface area (Å²) >= 11 is 0. The molecular weight excluding hydrogens is 240 g/mol. The van der Waals surface area contributed by atoms with E-state index in [0.717, 1.165) is 38.5 Å². The first-order valence-electron chi connectivity index (χ1n) is 7.70. The zero-order valence-electron chi connectivity index (χ0n) is 12.4. The van der Waals surface area contributed by atoms with E-state index in [9.17, 15) is 9.90 Å². The van der Waals surface area contributed by atoms with Gasteiger partial charge in [-0.3, -0.25) is 4.79 Å². The highest BCUT2D eigenvalue weighted by Gasteiger charge is 2.21. The fraction of sp³-hybridized carbons (Fsp3) is 0.933. The van der Waals surface area contributed by atoms with Gasteiger partial charge in [0.1, 0.15) is 0 Å². The summed E-state index contributed by atoms with van der Waals surface area (Å²) in [5.41, 5.74) is 5.61. The van der Waals surface area contributed by atoms with Crippen LogP contribution < -0.4 is 11.1 Å². The van der Waals surface area contributed by atoms with Gasteiger partial charge in [-0.15, -0.1) is 0 Å². The highest BCUT2D eigenvalue weighted by molar-refractivity contribution is 5.76. The topological polar surface area (TPSA) is 75.4 Å². The van der Waals surface area contributed by atoms with Crippen LogP contribution in [0.4, 0.5) is 0 Å². The van der Waals surface area contributed by atoms with Crippen molar-refractivity contribution in [1.82, 2.24) is 5.32 Å². The van der Waals surface area contributed by atoms with Gasteiger partial charge in [-0.1, -0.05) is 13.8 Å². The maximum absolute atomic E-state index is 11.9. The summed E-state index contributed by atoms with van der Waals surface area (Å²) < 4.78 is 0. The van der Waals surface area contributed by atoms with E-state index >= 15 is 0 Å². The maximum Gasteiger partial charge on any atom is 0.220 e. The molecule has 0 aliphatic heterocycles. The van der Waals surface area contributed by atoms with Crippen molar-refractivity contribution >= 4 is 5.91 Å². The second-order valence-corrected chi connectivity index (χ2v) is 6.19. The summed E-state index contributed by atoms with van der Waals surface area (Å²) in [6.07, 6.45) is 5.80. The van der Waals surface area contributed by atoms with E-state index in [4.69, 9.17) is 5.73 Å². The number of aliphatic hydroxyl groups is 1. The number of nitrogens with one attached hydrogen (secondary N) is 1. The van der Waals surface area contributed by atoms with E-state index in [2.05, 4.69) is 19.2 Å². The van der Waals surface area contributed by atoms with Crippen molar-refractivity contribution in [2.45, 2.75) is 70.9 Å². The minimum Gasteiger partial charge on any atom is -0.393 e. The third-order valence-electron chi connectivity index (χ3n) is 4.28. The van der Waals surface area contributed by atoms with Gasteiger partial charge in [0.25, 0.3) is 0 Å². The van der Waals surface area contributed by atoms with Gasteiger partial charge >= 0.3 is 0 Å². The third kappa shape index (κ3) is 6.39. The standard InChI is InChI=1S/C15H30N2O2/c1-11(2)12(9-10-16)3-8-15(19)17-13-4-6-14(18)7-5-13/h11-14,18H,3-10,16H2,1-2H3,(H,17,19). The molecule has 0 aromatic rings. The van der Waals surface area contributed by atoms with Crippen LogP contribution in [0.2, 0.25) is 0 Å². The Bertz CT molecular complexity index is 261. The SMILES string of the molecule is CC(C)C(CCN)CCC(=O)NC1CCC(O)CC1. The lowest BCUT2D eigenvalue weighted by atomic mass is 9.88. The lowest BCUT2D eigenvalue weighted by molar-refractivity contribution is -0.122. The molecule has 1 aliphatic carbocycles. The molecule has 0 aromatic heterocycles. The van der Waals surface area contributed by atoms with Crippen molar-refractivity contribution in [3.63, 3.8) is 0 Å². The first-order chi connectivity index (χ1) is 9.02. The smallest absolute Gasteiger partial charge is 0.220 e. The van der Waals surface area contributed by atoms with E-state index in [1.807, 2.05) is 0 Å². The Kier molecular flexibility index (Phi) is 7.39. The minimum atomic E-state index is -0.164. The van der Waals surface area contributed by atoms with Crippen LogP contribution in [0.25, 0.3) is 0 Å². The first kappa shape index (κ1) is 16.4. The molecule has 19 heavy (non-hydrogen) atoms. The zero-order chi connectivity index (χ0) is 14.3. The Balaban J connectivity index is 2.23. The molecule has 1 saturated carbocycles. The molecule has 1 fully saturated rings. The fourth-order valence-electron chi connectivity index (χ4n) is 2.86. The largest absolute Gasteiger partial charge is 0.393 e. The lowest BCUT2D eigenvalue weighted by Crippen LogP contribution is -2.38. The quantitative estimate of drug-likeness (QED) is 0.660. The van der Waals surface area contributed by atoms with Gasteiger partial charge in [0.2, 0.25) is 5.91 Å². The summed E-state index contributed by atoms with van der Waals surface area (Å²) in [4.78, 5) is 11.9. The molecule has 4 N–H and O–H groups in total. The van der Waals surface area contributed by atoms with Crippen LogP contribution in [0, 0.1) is 11.8 Å². The zero-order valence-corrected chi connectivity index (χ0v) is 12.4. The molecule has 0 aromatic carbocycles. The van der Waals surface area contributed by atoms with Gasteiger partial charge in [0.05, 0.1) is 6.10 Å². The van der Waals surface area contributed by atoms with E-state index in [1.54, 1.807) is 0 Å². The Morgan fingerprint density at radius 2 is 1.89 bits per heavy atom. The number of hydrogen-bond acceptors (Lipinski definition) is 3. The van der Waals surface area contributed by atoms with Crippen LogP contribution in [-0.4, -0.2) is 29.7 Å². The Labute approximate surface area is 117 Å². The maximum atomic E-state index is 11.9. The van der Waals surface area contributed by atoms with Crippen LogP contribution in [0.15, 0.2) is 0 Å². The van der Waals surface area contributed by atoms with Crippen molar-refractivity contribution in [1.29, 1.82) is 0 Å². The summed E-state index contributed by atoms with van der Waals surface area (Å²) in [7, 11) is 0. The normalized spacial score (nSPS) is 25.3. The highest BCUT2D eigenvalue weighted by Crippen LogP contribution is 2.21.